The average molecular weight is 253 g/mol. The van der Waals surface area contributed by atoms with E-state index in [9.17, 15) is 4.79 Å². The molecule has 0 aromatic heterocycles. The van der Waals surface area contributed by atoms with Gasteiger partial charge in [0.15, 0.2) is 0 Å². The molecule has 0 atom stereocenters. The quantitative estimate of drug-likeness (QED) is 0.240. The van der Waals surface area contributed by atoms with E-state index >= 15 is 0 Å². The van der Waals surface area contributed by atoms with Crippen LogP contribution in [0.1, 0.15) is 44.9 Å². The number of nitrogens with two attached hydrogens (primary N) is 1. The summed E-state index contributed by atoms with van der Waals surface area (Å²) in [5, 5.41) is 6.21. The van der Waals surface area contributed by atoms with Crippen LogP contribution in [-0.4, -0.2) is 30.5 Å². The molecule has 2 saturated carbocycles. The van der Waals surface area contributed by atoms with Crippen molar-refractivity contribution in [2.45, 2.75) is 57.0 Å². The third kappa shape index (κ3) is 4.52. The SMILES string of the molecule is NNC(=NCCC(=O)NC1CC1)NC1CCCC1. The fraction of sp³-hybridized carbons (Fsp3) is 0.833. The molecule has 18 heavy (non-hydrogen) atoms. The van der Waals surface area contributed by atoms with Gasteiger partial charge in [-0.3, -0.25) is 15.2 Å². The molecular formula is C12H23N5O. The Kier molecular flexibility index (Phi) is 4.81. The minimum absolute atomic E-state index is 0.0819. The number of hydrogen-bond donors (Lipinski definition) is 4. The molecule has 2 aliphatic carbocycles. The standard InChI is InChI=1S/C12H23N5O/c13-17-12(16-9-3-1-2-4-9)14-8-7-11(18)15-10-5-6-10/h9-10H,1-8,13H2,(H,15,18)(H2,14,16,17). The van der Waals surface area contributed by atoms with Crippen molar-refractivity contribution in [1.29, 1.82) is 0 Å². The lowest BCUT2D eigenvalue weighted by Crippen LogP contribution is -2.45. The number of amides is 1. The molecule has 2 aliphatic rings. The van der Waals surface area contributed by atoms with E-state index < -0.39 is 0 Å². The predicted molar refractivity (Wildman–Crippen MR) is 70.8 cm³/mol. The van der Waals surface area contributed by atoms with E-state index in [1.54, 1.807) is 0 Å². The van der Waals surface area contributed by atoms with Crippen molar-refractivity contribution in [2.24, 2.45) is 10.8 Å². The van der Waals surface area contributed by atoms with Crippen LogP contribution in [0, 0.1) is 0 Å². The van der Waals surface area contributed by atoms with E-state index in [1.165, 1.54) is 25.7 Å². The first-order valence-corrected chi connectivity index (χ1v) is 6.85. The van der Waals surface area contributed by atoms with Gasteiger partial charge in [-0.15, -0.1) is 0 Å². The van der Waals surface area contributed by atoms with Crippen molar-refractivity contribution in [3.63, 3.8) is 0 Å². The van der Waals surface area contributed by atoms with E-state index in [4.69, 9.17) is 5.84 Å². The second-order valence-corrected chi connectivity index (χ2v) is 5.09. The molecule has 6 heteroatoms. The van der Waals surface area contributed by atoms with Gasteiger partial charge in [0.05, 0.1) is 6.54 Å². The lowest BCUT2D eigenvalue weighted by atomic mass is 10.2. The second kappa shape index (κ2) is 6.58. The zero-order valence-electron chi connectivity index (χ0n) is 10.7. The number of hydrazine groups is 1. The van der Waals surface area contributed by atoms with Crippen LogP contribution in [0.2, 0.25) is 0 Å². The molecule has 1 amide bonds. The van der Waals surface area contributed by atoms with Gasteiger partial charge in [-0.25, -0.2) is 5.84 Å². The van der Waals surface area contributed by atoms with Gasteiger partial charge < -0.3 is 10.6 Å². The lowest BCUT2D eigenvalue weighted by molar-refractivity contribution is -0.121. The summed E-state index contributed by atoms with van der Waals surface area (Å²) in [5.74, 6) is 6.09. The minimum atomic E-state index is 0.0819. The van der Waals surface area contributed by atoms with E-state index in [1.807, 2.05) is 0 Å². The van der Waals surface area contributed by atoms with Crippen LogP contribution in [0.5, 0.6) is 0 Å². The van der Waals surface area contributed by atoms with Crippen LogP contribution in [0.15, 0.2) is 4.99 Å². The highest BCUT2D eigenvalue weighted by atomic mass is 16.1. The summed E-state index contributed by atoms with van der Waals surface area (Å²) in [6, 6.07) is 0.894. The van der Waals surface area contributed by atoms with E-state index in [0.717, 1.165) is 12.8 Å². The Bertz CT molecular complexity index is 308. The average Bonchev–Trinajstić information content (AvgIpc) is 3.02. The van der Waals surface area contributed by atoms with Gasteiger partial charge in [0.1, 0.15) is 0 Å². The molecule has 2 rings (SSSR count). The van der Waals surface area contributed by atoms with Crippen molar-refractivity contribution in [2.75, 3.05) is 6.54 Å². The van der Waals surface area contributed by atoms with Crippen molar-refractivity contribution >= 4 is 11.9 Å². The Labute approximate surface area is 108 Å². The molecule has 0 aromatic carbocycles. The first-order chi connectivity index (χ1) is 8.78. The Morgan fingerprint density at radius 3 is 2.39 bits per heavy atom. The van der Waals surface area contributed by atoms with Gasteiger partial charge in [0, 0.05) is 18.5 Å². The number of carbonyl (C=O) groups is 1. The van der Waals surface area contributed by atoms with Gasteiger partial charge in [-0.05, 0) is 25.7 Å². The highest BCUT2D eigenvalue weighted by Gasteiger charge is 2.22. The molecule has 6 nitrogen and oxygen atoms in total. The number of nitrogens with one attached hydrogen (secondary N) is 3. The number of carbonyl (C=O) groups excluding carboxylic acids is 1. The summed E-state index contributed by atoms with van der Waals surface area (Å²) in [5.41, 5.74) is 2.56. The summed E-state index contributed by atoms with van der Waals surface area (Å²) < 4.78 is 0. The van der Waals surface area contributed by atoms with Crippen molar-refractivity contribution < 1.29 is 4.79 Å². The van der Waals surface area contributed by atoms with Crippen molar-refractivity contribution in [1.82, 2.24) is 16.1 Å². The van der Waals surface area contributed by atoms with Gasteiger partial charge >= 0.3 is 0 Å². The summed E-state index contributed by atoms with van der Waals surface area (Å²) in [6.45, 7) is 0.470. The molecule has 0 unspecified atom stereocenters. The molecule has 0 aromatic rings. The Hall–Kier alpha value is -1.30. The fourth-order valence-corrected chi connectivity index (χ4v) is 2.19. The molecule has 0 spiro atoms. The molecule has 0 saturated heterocycles. The van der Waals surface area contributed by atoms with E-state index in [0.29, 0.717) is 31.0 Å². The van der Waals surface area contributed by atoms with Crippen LogP contribution < -0.4 is 21.9 Å². The molecule has 102 valence electrons. The smallest absolute Gasteiger partial charge is 0.222 e. The predicted octanol–water partition coefficient (Wildman–Crippen LogP) is 0.00660. The number of hydrogen-bond acceptors (Lipinski definition) is 3. The van der Waals surface area contributed by atoms with E-state index in [-0.39, 0.29) is 5.91 Å². The maximum Gasteiger partial charge on any atom is 0.222 e. The van der Waals surface area contributed by atoms with Crippen LogP contribution >= 0.6 is 0 Å². The third-order valence-electron chi connectivity index (χ3n) is 3.38. The zero-order valence-corrected chi connectivity index (χ0v) is 10.7. The van der Waals surface area contributed by atoms with Crippen LogP contribution in [0.25, 0.3) is 0 Å². The molecule has 0 radical (unpaired) electrons. The van der Waals surface area contributed by atoms with Crippen LogP contribution in [0.4, 0.5) is 0 Å². The molecule has 0 aliphatic heterocycles. The Morgan fingerprint density at radius 1 is 1.11 bits per heavy atom. The van der Waals surface area contributed by atoms with E-state index in [2.05, 4.69) is 21.1 Å². The van der Waals surface area contributed by atoms with Gasteiger partial charge in [0.2, 0.25) is 11.9 Å². The number of nitrogens with zero attached hydrogens (tertiary/aromatic N) is 1. The normalized spacial score (nSPS) is 20.8. The number of aliphatic imine (C=N–C) groups is 1. The van der Waals surface area contributed by atoms with Crippen molar-refractivity contribution in [3.8, 4) is 0 Å². The summed E-state index contributed by atoms with van der Waals surface area (Å²) in [4.78, 5) is 15.7. The van der Waals surface area contributed by atoms with Gasteiger partial charge in [-0.1, -0.05) is 12.8 Å². The fourth-order valence-electron chi connectivity index (χ4n) is 2.19. The highest BCUT2D eigenvalue weighted by molar-refractivity contribution is 5.80. The largest absolute Gasteiger partial charge is 0.353 e. The van der Waals surface area contributed by atoms with Crippen molar-refractivity contribution in [3.05, 3.63) is 0 Å². The minimum Gasteiger partial charge on any atom is -0.353 e. The topological polar surface area (TPSA) is 91.5 Å². The number of rotatable bonds is 5. The highest BCUT2D eigenvalue weighted by Crippen LogP contribution is 2.18. The molecule has 0 heterocycles. The molecule has 5 N–H and O–H groups in total. The summed E-state index contributed by atoms with van der Waals surface area (Å²) in [7, 11) is 0. The Balaban J connectivity index is 1.65. The van der Waals surface area contributed by atoms with Gasteiger partial charge in [0.25, 0.3) is 0 Å². The zero-order chi connectivity index (χ0) is 12.8. The molecule has 0 bridgehead atoms. The Morgan fingerprint density at radius 2 is 1.78 bits per heavy atom. The molecule has 2 fully saturated rings. The van der Waals surface area contributed by atoms with Crippen LogP contribution in [0.3, 0.4) is 0 Å². The maximum atomic E-state index is 11.5. The van der Waals surface area contributed by atoms with Gasteiger partial charge in [-0.2, -0.15) is 0 Å². The lowest BCUT2D eigenvalue weighted by Gasteiger charge is -2.14. The first kappa shape index (κ1) is 13.1. The summed E-state index contributed by atoms with van der Waals surface area (Å²) >= 11 is 0. The third-order valence-corrected chi connectivity index (χ3v) is 3.38. The first-order valence-electron chi connectivity index (χ1n) is 6.85. The monoisotopic (exact) mass is 253 g/mol. The maximum absolute atomic E-state index is 11.5. The number of guanidine groups is 1. The second-order valence-electron chi connectivity index (χ2n) is 5.09. The summed E-state index contributed by atoms with van der Waals surface area (Å²) in [6.07, 6.45) is 7.53. The van der Waals surface area contributed by atoms with Crippen LogP contribution in [-0.2, 0) is 4.79 Å². The molecular weight excluding hydrogens is 230 g/mol.